The largest absolute Gasteiger partial charge is 0.240 e. The number of nitrogens with one attached hydrogen (secondary N) is 1. The van der Waals surface area contributed by atoms with Crippen molar-refractivity contribution in [3.63, 3.8) is 0 Å². The molecule has 0 saturated carbocycles. The minimum absolute atomic E-state index is 0.105. The summed E-state index contributed by atoms with van der Waals surface area (Å²) in [5.74, 6) is -1.36. The van der Waals surface area contributed by atoms with Crippen LogP contribution in [-0.2, 0) is 16.6 Å². The van der Waals surface area contributed by atoms with Crippen molar-refractivity contribution >= 4 is 33.2 Å². The Bertz CT molecular complexity index is 761. The number of sulfonamides is 1. The minimum Gasteiger partial charge on any atom is -0.207 e. The second-order valence-corrected chi connectivity index (χ2v) is 6.81. The first kappa shape index (κ1) is 16.2. The van der Waals surface area contributed by atoms with Crippen molar-refractivity contribution in [1.82, 2.24) is 4.72 Å². The Labute approximate surface area is 130 Å². The van der Waals surface area contributed by atoms with Crippen molar-refractivity contribution in [2.24, 2.45) is 0 Å². The van der Waals surface area contributed by atoms with Crippen LogP contribution in [0.1, 0.15) is 5.56 Å². The van der Waals surface area contributed by atoms with Crippen molar-refractivity contribution in [3.05, 3.63) is 63.6 Å². The molecule has 0 bridgehead atoms. The lowest BCUT2D eigenvalue weighted by Gasteiger charge is -2.08. The monoisotopic (exact) mass is 351 g/mol. The SMILES string of the molecule is O=S(=O)(NCc1cc(F)ccc1F)c1cc(Cl)cc(Cl)c1. The van der Waals surface area contributed by atoms with Gasteiger partial charge in [0.1, 0.15) is 11.6 Å². The van der Waals surface area contributed by atoms with Crippen LogP contribution in [0.15, 0.2) is 41.3 Å². The van der Waals surface area contributed by atoms with Crippen LogP contribution in [0.4, 0.5) is 8.78 Å². The van der Waals surface area contributed by atoms with Gasteiger partial charge in [-0.05, 0) is 36.4 Å². The van der Waals surface area contributed by atoms with Gasteiger partial charge < -0.3 is 0 Å². The second-order valence-electron chi connectivity index (χ2n) is 4.17. The maximum atomic E-state index is 13.4. The van der Waals surface area contributed by atoms with E-state index in [1.54, 1.807) is 0 Å². The highest BCUT2D eigenvalue weighted by Crippen LogP contribution is 2.22. The molecule has 0 saturated heterocycles. The normalized spacial score (nSPS) is 11.6. The molecule has 0 aliphatic rings. The molecule has 112 valence electrons. The van der Waals surface area contributed by atoms with Gasteiger partial charge in [-0.2, -0.15) is 0 Å². The first-order chi connectivity index (χ1) is 9.78. The summed E-state index contributed by atoms with van der Waals surface area (Å²) in [5.41, 5.74) is -0.105. The lowest BCUT2D eigenvalue weighted by atomic mass is 10.2. The van der Waals surface area contributed by atoms with Gasteiger partial charge in [0.25, 0.3) is 0 Å². The molecule has 1 N–H and O–H groups in total. The van der Waals surface area contributed by atoms with Gasteiger partial charge in [0.2, 0.25) is 10.0 Å². The van der Waals surface area contributed by atoms with Crippen LogP contribution >= 0.6 is 23.2 Å². The molecule has 0 spiro atoms. The van der Waals surface area contributed by atoms with E-state index in [0.717, 1.165) is 18.2 Å². The zero-order chi connectivity index (χ0) is 15.6. The van der Waals surface area contributed by atoms with E-state index in [9.17, 15) is 17.2 Å². The topological polar surface area (TPSA) is 46.2 Å². The highest BCUT2D eigenvalue weighted by molar-refractivity contribution is 7.89. The number of rotatable bonds is 4. The summed E-state index contributed by atoms with van der Waals surface area (Å²) in [6.07, 6.45) is 0. The zero-order valence-electron chi connectivity index (χ0n) is 10.4. The molecule has 0 fully saturated rings. The average molecular weight is 352 g/mol. The second kappa shape index (κ2) is 6.27. The fraction of sp³-hybridized carbons (Fsp3) is 0.0769. The Kier molecular flexibility index (Phi) is 4.83. The van der Waals surface area contributed by atoms with Gasteiger partial charge in [0, 0.05) is 22.2 Å². The third-order valence-corrected chi connectivity index (χ3v) is 4.42. The van der Waals surface area contributed by atoms with Gasteiger partial charge in [-0.3, -0.25) is 0 Å². The molecule has 2 rings (SSSR count). The van der Waals surface area contributed by atoms with E-state index in [1.165, 1.54) is 18.2 Å². The highest BCUT2D eigenvalue weighted by atomic mass is 35.5. The number of halogens is 4. The summed E-state index contributed by atoms with van der Waals surface area (Å²) in [5, 5.41) is 0.305. The van der Waals surface area contributed by atoms with Crippen LogP contribution in [0.3, 0.4) is 0 Å². The van der Waals surface area contributed by atoms with Crippen molar-refractivity contribution in [3.8, 4) is 0 Å². The Morgan fingerprint density at radius 1 is 1.00 bits per heavy atom. The van der Waals surface area contributed by atoms with Crippen LogP contribution in [0, 0.1) is 11.6 Å². The number of hydrogen-bond donors (Lipinski definition) is 1. The zero-order valence-corrected chi connectivity index (χ0v) is 12.7. The van der Waals surface area contributed by atoms with Crippen LogP contribution in [0.25, 0.3) is 0 Å². The lowest BCUT2D eigenvalue weighted by Crippen LogP contribution is -2.23. The van der Waals surface area contributed by atoms with Crippen LogP contribution in [0.5, 0.6) is 0 Å². The quantitative estimate of drug-likeness (QED) is 0.911. The third-order valence-electron chi connectivity index (χ3n) is 2.61. The van der Waals surface area contributed by atoms with Crippen LogP contribution in [-0.4, -0.2) is 8.42 Å². The van der Waals surface area contributed by atoms with E-state index in [0.29, 0.717) is 0 Å². The van der Waals surface area contributed by atoms with Crippen molar-refractivity contribution < 1.29 is 17.2 Å². The van der Waals surface area contributed by atoms with E-state index in [4.69, 9.17) is 23.2 Å². The Hall–Kier alpha value is -1.21. The fourth-order valence-electron chi connectivity index (χ4n) is 1.62. The van der Waals surface area contributed by atoms with Crippen LogP contribution in [0.2, 0.25) is 10.0 Å². The van der Waals surface area contributed by atoms with E-state index >= 15 is 0 Å². The summed E-state index contributed by atoms with van der Waals surface area (Å²) >= 11 is 11.5. The molecule has 0 unspecified atom stereocenters. The molecule has 0 aliphatic heterocycles. The van der Waals surface area contributed by atoms with Crippen LogP contribution < -0.4 is 4.72 Å². The molecular weight excluding hydrogens is 343 g/mol. The first-order valence-electron chi connectivity index (χ1n) is 5.67. The predicted octanol–water partition coefficient (Wildman–Crippen LogP) is 3.75. The Balaban J connectivity index is 2.23. The highest BCUT2D eigenvalue weighted by Gasteiger charge is 2.16. The molecule has 0 atom stereocenters. The van der Waals surface area contributed by atoms with Gasteiger partial charge >= 0.3 is 0 Å². The van der Waals surface area contributed by atoms with Gasteiger partial charge in [-0.15, -0.1) is 0 Å². The molecule has 8 heteroatoms. The van der Waals surface area contributed by atoms with Gasteiger partial charge in [-0.25, -0.2) is 21.9 Å². The summed E-state index contributed by atoms with van der Waals surface area (Å²) in [7, 11) is -3.94. The molecule has 0 aliphatic carbocycles. The number of benzene rings is 2. The average Bonchev–Trinajstić information content (AvgIpc) is 2.39. The predicted molar refractivity (Wildman–Crippen MR) is 76.8 cm³/mol. The molecule has 0 aromatic heterocycles. The maximum absolute atomic E-state index is 13.4. The Morgan fingerprint density at radius 2 is 1.62 bits per heavy atom. The van der Waals surface area contributed by atoms with Gasteiger partial charge in [-0.1, -0.05) is 23.2 Å². The molecule has 3 nitrogen and oxygen atoms in total. The molecule has 2 aromatic carbocycles. The van der Waals surface area contributed by atoms with E-state index in [2.05, 4.69) is 4.72 Å². The summed E-state index contributed by atoms with van der Waals surface area (Å²) in [6, 6.07) is 6.59. The first-order valence-corrected chi connectivity index (χ1v) is 7.91. The van der Waals surface area contributed by atoms with E-state index < -0.39 is 28.2 Å². The number of hydrogen-bond acceptors (Lipinski definition) is 2. The summed E-state index contributed by atoms with van der Waals surface area (Å²) < 4.78 is 52.7. The summed E-state index contributed by atoms with van der Waals surface area (Å²) in [4.78, 5) is -0.156. The maximum Gasteiger partial charge on any atom is 0.240 e. The van der Waals surface area contributed by atoms with Gasteiger partial charge in [0.05, 0.1) is 4.90 Å². The molecule has 21 heavy (non-hydrogen) atoms. The van der Waals surface area contributed by atoms with Gasteiger partial charge in [0.15, 0.2) is 0 Å². The lowest BCUT2D eigenvalue weighted by molar-refractivity contribution is 0.567. The molecule has 0 amide bonds. The molecule has 0 heterocycles. The van der Waals surface area contributed by atoms with Crippen molar-refractivity contribution in [2.45, 2.75) is 11.4 Å². The third kappa shape index (κ3) is 4.14. The molecule has 2 aromatic rings. The molecular formula is C13H9Cl2F2NO2S. The standard InChI is InChI=1S/C13H9Cl2F2NO2S/c14-9-4-10(15)6-12(5-9)21(19,20)18-7-8-3-11(16)1-2-13(8)17/h1-6,18H,7H2. The van der Waals surface area contributed by atoms with E-state index in [-0.39, 0.29) is 20.5 Å². The van der Waals surface area contributed by atoms with Crippen molar-refractivity contribution in [2.75, 3.05) is 0 Å². The fourth-order valence-corrected chi connectivity index (χ4v) is 3.35. The summed E-state index contributed by atoms with van der Waals surface area (Å²) in [6.45, 7) is -0.393. The van der Waals surface area contributed by atoms with Crippen molar-refractivity contribution in [1.29, 1.82) is 0 Å². The Morgan fingerprint density at radius 3 is 2.24 bits per heavy atom. The smallest absolute Gasteiger partial charge is 0.207 e. The van der Waals surface area contributed by atoms with E-state index in [1.807, 2.05) is 0 Å². The minimum atomic E-state index is -3.94. The molecule has 0 radical (unpaired) electrons.